The molecule has 1 fully saturated rings. The van der Waals surface area contributed by atoms with Crippen LogP contribution in [0.3, 0.4) is 0 Å². The molecule has 5 nitrogen and oxygen atoms in total. The quantitative estimate of drug-likeness (QED) is 0.499. The number of rotatable bonds is 4. The maximum absolute atomic E-state index is 13.2. The summed E-state index contributed by atoms with van der Waals surface area (Å²) in [5, 5.41) is 19.8. The van der Waals surface area contributed by atoms with Crippen molar-refractivity contribution in [2.45, 2.75) is 6.04 Å². The van der Waals surface area contributed by atoms with Gasteiger partial charge < -0.3 is 15.1 Å². The van der Waals surface area contributed by atoms with Gasteiger partial charge in [-0.2, -0.15) is 0 Å². The second-order valence-corrected chi connectivity index (χ2v) is 5.77. The minimum absolute atomic E-state index is 0.132. The van der Waals surface area contributed by atoms with E-state index in [9.17, 15) is 28.6 Å². The number of carbonyl (C=O) groups is 2. The molecule has 1 amide bonds. The van der Waals surface area contributed by atoms with Crippen LogP contribution in [0.4, 0.5) is 8.78 Å². The lowest BCUT2D eigenvalue weighted by Crippen LogP contribution is -2.32. The number of Topliss-reactive ketones (excluding diaryl/α,β-unsaturated/α-hetero) is 1. The van der Waals surface area contributed by atoms with Crippen molar-refractivity contribution < 1.29 is 28.6 Å². The Kier molecular flexibility index (Phi) is 4.81. The summed E-state index contributed by atoms with van der Waals surface area (Å²) in [4.78, 5) is 25.9. The van der Waals surface area contributed by atoms with Crippen molar-refractivity contribution in [1.82, 2.24) is 4.90 Å². The van der Waals surface area contributed by atoms with Crippen molar-refractivity contribution in [2.24, 2.45) is 0 Å². The van der Waals surface area contributed by atoms with E-state index >= 15 is 0 Å². The number of nitrogens with zero attached hydrogens (tertiary/aromatic N) is 1. The van der Waals surface area contributed by atoms with Gasteiger partial charge in [-0.3, -0.25) is 9.59 Å². The van der Waals surface area contributed by atoms with Crippen LogP contribution in [0.1, 0.15) is 17.2 Å². The highest BCUT2D eigenvalue weighted by Crippen LogP contribution is 2.39. The highest BCUT2D eigenvalue weighted by molar-refractivity contribution is 6.46. The van der Waals surface area contributed by atoms with Crippen molar-refractivity contribution in [2.75, 3.05) is 13.2 Å². The lowest BCUT2D eigenvalue weighted by atomic mass is 9.95. The van der Waals surface area contributed by atoms with Gasteiger partial charge in [-0.25, -0.2) is 8.78 Å². The molecule has 1 heterocycles. The van der Waals surface area contributed by atoms with Crippen LogP contribution in [0.5, 0.6) is 0 Å². The summed E-state index contributed by atoms with van der Waals surface area (Å²) in [6.07, 6.45) is 0. The van der Waals surface area contributed by atoms with Crippen LogP contribution in [0.15, 0.2) is 54.1 Å². The molecule has 1 unspecified atom stereocenters. The SMILES string of the molecule is O=C1C(=O)N(CCO)C(c2ccc(F)cc2)C1=C(O)c1ccc(F)cc1. The van der Waals surface area contributed by atoms with Crippen molar-refractivity contribution >= 4 is 17.4 Å². The molecule has 3 rings (SSSR count). The molecule has 1 atom stereocenters. The van der Waals surface area contributed by atoms with Gasteiger partial charge in [0.15, 0.2) is 0 Å². The van der Waals surface area contributed by atoms with E-state index in [2.05, 4.69) is 0 Å². The Labute approximate surface area is 147 Å². The summed E-state index contributed by atoms with van der Waals surface area (Å²) in [6, 6.07) is 8.96. The van der Waals surface area contributed by atoms with Crippen LogP contribution < -0.4 is 0 Å². The number of hydrogen-bond acceptors (Lipinski definition) is 4. The van der Waals surface area contributed by atoms with E-state index in [0.29, 0.717) is 5.56 Å². The Balaban J connectivity index is 2.17. The summed E-state index contributed by atoms with van der Waals surface area (Å²) >= 11 is 0. The van der Waals surface area contributed by atoms with Crippen molar-refractivity contribution in [1.29, 1.82) is 0 Å². The molecule has 0 aliphatic carbocycles. The Morgan fingerprint density at radius 3 is 2.04 bits per heavy atom. The molecular weight excluding hydrogens is 344 g/mol. The molecule has 2 aromatic carbocycles. The molecule has 0 bridgehead atoms. The number of aliphatic hydroxyl groups is 2. The highest BCUT2D eigenvalue weighted by atomic mass is 19.1. The summed E-state index contributed by atoms with van der Waals surface area (Å²) in [6.45, 7) is -0.520. The number of halogens is 2. The first-order valence-electron chi connectivity index (χ1n) is 7.84. The molecular formula is C19H15F2NO4. The third-order valence-corrected chi connectivity index (χ3v) is 4.18. The predicted molar refractivity (Wildman–Crippen MR) is 88.9 cm³/mol. The second kappa shape index (κ2) is 7.05. The zero-order valence-electron chi connectivity index (χ0n) is 13.5. The molecule has 1 aliphatic heterocycles. The molecule has 2 aromatic rings. The Morgan fingerprint density at radius 1 is 0.962 bits per heavy atom. The van der Waals surface area contributed by atoms with Gasteiger partial charge in [0.1, 0.15) is 17.4 Å². The molecule has 2 N–H and O–H groups in total. The fourth-order valence-corrected chi connectivity index (χ4v) is 2.97. The lowest BCUT2D eigenvalue weighted by Gasteiger charge is -2.24. The van der Waals surface area contributed by atoms with E-state index in [4.69, 9.17) is 0 Å². The number of likely N-dealkylation sites (tertiary alicyclic amines) is 1. The molecule has 0 spiro atoms. The van der Waals surface area contributed by atoms with Crippen molar-refractivity contribution in [3.8, 4) is 0 Å². The fraction of sp³-hybridized carbons (Fsp3) is 0.158. The van der Waals surface area contributed by atoms with E-state index in [0.717, 1.165) is 17.0 Å². The highest BCUT2D eigenvalue weighted by Gasteiger charge is 2.45. The van der Waals surface area contributed by atoms with E-state index in [-0.39, 0.29) is 24.3 Å². The minimum Gasteiger partial charge on any atom is -0.507 e. The van der Waals surface area contributed by atoms with Gasteiger partial charge in [0.05, 0.1) is 18.2 Å². The predicted octanol–water partition coefficient (Wildman–Crippen LogP) is 2.38. The van der Waals surface area contributed by atoms with Crippen LogP contribution in [0, 0.1) is 11.6 Å². The number of β-amino-alcohol motifs (C(OH)–C–C–N with tert-alkyl or cyclic N) is 1. The van der Waals surface area contributed by atoms with E-state index < -0.39 is 35.1 Å². The van der Waals surface area contributed by atoms with Gasteiger partial charge in [0.2, 0.25) is 0 Å². The van der Waals surface area contributed by atoms with Gasteiger partial charge in [0, 0.05) is 12.1 Å². The molecule has 134 valence electrons. The first-order valence-corrected chi connectivity index (χ1v) is 7.84. The molecule has 0 saturated carbocycles. The monoisotopic (exact) mass is 359 g/mol. The number of carbonyl (C=O) groups excluding carboxylic acids is 2. The number of aliphatic hydroxyl groups excluding tert-OH is 2. The molecule has 1 saturated heterocycles. The summed E-state index contributed by atoms with van der Waals surface area (Å²) in [7, 11) is 0. The summed E-state index contributed by atoms with van der Waals surface area (Å²) in [5.41, 5.74) is 0.380. The molecule has 26 heavy (non-hydrogen) atoms. The van der Waals surface area contributed by atoms with Crippen LogP contribution in [0.25, 0.3) is 5.76 Å². The van der Waals surface area contributed by atoms with Gasteiger partial charge in [-0.15, -0.1) is 0 Å². The minimum atomic E-state index is -0.979. The first kappa shape index (κ1) is 17.8. The van der Waals surface area contributed by atoms with E-state index in [1.807, 2.05) is 0 Å². The number of ketones is 1. The van der Waals surface area contributed by atoms with Crippen molar-refractivity contribution in [3.63, 3.8) is 0 Å². The zero-order valence-corrected chi connectivity index (χ0v) is 13.5. The summed E-state index contributed by atoms with van der Waals surface area (Å²) in [5.74, 6) is -3.27. The fourth-order valence-electron chi connectivity index (χ4n) is 2.97. The molecule has 0 aromatic heterocycles. The Morgan fingerprint density at radius 2 is 1.50 bits per heavy atom. The summed E-state index contributed by atoms with van der Waals surface area (Å²) < 4.78 is 26.4. The number of hydrogen-bond donors (Lipinski definition) is 2. The standard InChI is InChI=1S/C19H15F2NO4/c20-13-5-1-11(2-6-13)16-15(18(25)19(26)22(16)9-10-23)17(24)12-3-7-14(21)8-4-12/h1-8,16,23-24H,9-10H2. The van der Waals surface area contributed by atoms with Gasteiger partial charge >= 0.3 is 0 Å². The molecule has 0 radical (unpaired) electrons. The van der Waals surface area contributed by atoms with E-state index in [1.54, 1.807) is 0 Å². The largest absolute Gasteiger partial charge is 0.507 e. The first-order chi connectivity index (χ1) is 12.4. The third-order valence-electron chi connectivity index (χ3n) is 4.18. The third kappa shape index (κ3) is 3.09. The maximum atomic E-state index is 13.2. The topological polar surface area (TPSA) is 77.8 Å². The lowest BCUT2D eigenvalue weighted by molar-refractivity contribution is -0.140. The Bertz CT molecular complexity index is 875. The average molecular weight is 359 g/mol. The second-order valence-electron chi connectivity index (χ2n) is 5.77. The normalized spacial score (nSPS) is 19.2. The average Bonchev–Trinajstić information content (AvgIpc) is 2.88. The van der Waals surface area contributed by atoms with Gasteiger partial charge in [0.25, 0.3) is 11.7 Å². The zero-order chi connectivity index (χ0) is 18.8. The molecule has 1 aliphatic rings. The van der Waals surface area contributed by atoms with Gasteiger partial charge in [-0.1, -0.05) is 12.1 Å². The number of amides is 1. The van der Waals surface area contributed by atoms with E-state index in [1.165, 1.54) is 36.4 Å². The number of benzene rings is 2. The van der Waals surface area contributed by atoms with Crippen LogP contribution in [-0.2, 0) is 9.59 Å². The van der Waals surface area contributed by atoms with Crippen LogP contribution in [0.2, 0.25) is 0 Å². The Hall–Kier alpha value is -3.06. The van der Waals surface area contributed by atoms with Crippen molar-refractivity contribution in [3.05, 3.63) is 76.9 Å². The van der Waals surface area contributed by atoms with Crippen LogP contribution in [-0.4, -0.2) is 40.0 Å². The maximum Gasteiger partial charge on any atom is 0.295 e. The smallest absolute Gasteiger partial charge is 0.295 e. The van der Waals surface area contributed by atoms with Crippen LogP contribution >= 0.6 is 0 Å². The molecule has 7 heteroatoms. The van der Waals surface area contributed by atoms with Gasteiger partial charge in [-0.05, 0) is 42.0 Å².